The second-order valence-electron chi connectivity index (χ2n) is 8.36. The van der Waals surface area contributed by atoms with Crippen molar-refractivity contribution in [3.8, 4) is 11.1 Å². The highest BCUT2D eigenvalue weighted by Crippen LogP contribution is 2.28. The number of halogens is 1. The molecule has 2 heteroatoms. The summed E-state index contributed by atoms with van der Waals surface area (Å²) < 4.78 is 0. The van der Waals surface area contributed by atoms with Gasteiger partial charge in [0.1, 0.15) is 0 Å². The molecule has 0 amide bonds. The number of alkyl halides is 1. The molecule has 0 heterocycles. The lowest BCUT2D eigenvalue weighted by atomic mass is 9.94. The Labute approximate surface area is 191 Å². The van der Waals surface area contributed by atoms with Crippen molar-refractivity contribution in [3.63, 3.8) is 0 Å². The van der Waals surface area contributed by atoms with Gasteiger partial charge in [-0.2, -0.15) is 0 Å². The average molecular weight is 464 g/mol. The van der Waals surface area contributed by atoms with E-state index in [4.69, 9.17) is 0 Å². The second-order valence-corrected chi connectivity index (χ2v) is 8.92. The molecule has 0 spiro atoms. The summed E-state index contributed by atoms with van der Waals surface area (Å²) in [6, 6.07) is 27.5. The zero-order valence-corrected chi connectivity index (χ0v) is 20.3. The van der Waals surface area contributed by atoms with Gasteiger partial charge < -0.3 is 4.90 Å². The highest BCUT2D eigenvalue weighted by atomic mass is 79.9. The van der Waals surface area contributed by atoms with Gasteiger partial charge in [0.25, 0.3) is 0 Å². The minimum Gasteiger partial charge on any atom is -0.365 e. The second kappa shape index (κ2) is 10.8. The summed E-state index contributed by atoms with van der Waals surface area (Å²) in [4.78, 5) is 2.49. The predicted molar refractivity (Wildman–Crippen MR) is 136 cm³/mol. The first-order valence-corrected chi connectivity index (χ1v) is 12.3. The van der Waals surface area contributed by atoms with Gasteiger partial charge in [0.15, 0.2) is 0 Å². The Kier molecular flexibility index (Phi) is 8.16. The molecule has 0 aliphatic rings. The molecule has 3 aromatic rings. The van der Waals surface area contributed by atoms with Crippen LogP contribution >= 0.6 is 15.9 Å². The quantitative estimate of drug-likeness (QED) is 0.287. The van der Waals surface area contributed by atoms with Gasteiger partial charge in [0, 0.05) is 23.6 Å². The largest absolute Gasteiger partial charge is 0.365 e. The van der Waals surface area contributed by atoms with E-state index in [1.54, 1.807) is 0 Å². The molecular formula is C28H34BrN. The Morgan fingerprint density at radius 2 is 1.43 bits per heavy atom. The lowest BCUT2D eigenvalue weighted by Crippen LogP contribution is -2.30. The normalized spacial score (nSPS) is 11.3. The van der Waals surface area contributed by atoms with E-state index in [1.165, 1.54) is 46.3 Å². The van der Waals surface area contributed by atoms with Crippen LogP contribution in [0.3, 0.4) is 0 Å². The maximum Gasteiger partial charge on any atom is 0.0432 e. The number of hydrogen-bond donors (Lipinski definition) is 0. The van der Waals surface area contributed by atoms with E-state index in [1.807, 2.05) is 0 Å². The van der Waals surface area contributed by atoms with Crippen molar-refractivity contribution in [3.05, 3.63) is 89.5 Å². The monoisotopic (exact) mass is 463 g/mol. The summed E-state index contributed by atoms with van der Waals surface area (Å²) in [5, 5.41) is 0.896. The van der Waals surface area contributed by atoms with E-state index in [0.29, 0.717) is 12.0 Å². The molecular weight excluding hydrogens is 430 g/mol. The zero-order valence-electron chi connectivity index (χ0n) is 18.7. The lowest BCUT2D eigenvalue weighted by Gasteiger charge is -2.30. The molecule has 0 aliphatic carbocycles. The first-order chi connectivity index (χ1) is 14.5. The predicted octanol–water partition coefficient (Wildman–Crippen LogP) is 8.57. The van der Waals surface area contributed by atoms with Gasteiger partial charge in [-0.25, -0.2) is 0 Å². The number of rotatable bonds is 9. The lowest BCUT2D eigenvalue weighted by molar-refractivity contribution is 0.640. The van der Waals surface area contributed by atoms with E-state index in [2.05, 4.69) is 121 Å². The standard InChI is InChI=1S/C28H34BrN/c1-5-24(6-2)25-14-16-28(17-15-25)30(21(3)4)20-23-8-7-9-27(18-23)26-12-10-22(19-29)11-13-26/h7-18,21,24H,5-6,19-20H2,1-4H3. The van der Waals surface area contributed by atoms with E-state index in [-0.39, 0.29) is 0 Å². The first-order valence-electron chi connectivity index (χ1n) is 11.2. The molecule has 30 heavy (non-hydrogen) atoms. The average Bonchev–Trinajstić information content (AvgIpc) is 2.79. The van der Waals surface area contributed by atoms with Crippen LogP contribution in [0.1, 0.15) is 63.1 Å². The van der Waals surface area contributed by atoms with Crippen LogP contribution in [-0.4, -0.2) is 6.04 Å². The molecule has 0 bridgehead atoms. The van der Waals surface area contributed by atoms with Crippen molar-refractivity contribution in [2.24, 2.45) is 0 Å². The highest BCUT2D eigenvalue weighted by Gasteiger charge is 2.13. The van der Waals surface area contributed by atoms with Crippen LogP contribution in [0.2, 0.25) is 0 Å². The van der Waals surface area contributed by atoms with E-state index < -0.39 is 0 Å². The third-order valence-corrected chi connectivity index (χ3v) is 6.67. The Balaban J connectivity index is 1.81. The highest BCUT2D eigenvalue weighted by molar-refractivity contribution is 9.08. The van der Waals surface area contributed by atoms with E-state index >= 15 is 0 Å². The SMILES string of the molecule is CCC(CC)c1ccc(N(Cc2cccc(-c3ccc(CBr)cc3)c2)C(C)C)cc1. The minimum absolute atomic E-state index is 0.436. The molecule has 0 saturated heterocycles. The molecule has 0 unspecified atom stereocenters. The van der Waals surface area contributed by atoms with Gasteiger partial charge >= 0.3 is 0 Å². The van der Waals surface area contributed by atoms with E-state index in [9.17, 15) is 0 Å². The molecule has 3 rings (SSSR count). The van der Waals surface area contributed by atoms with Crippen molar-refractivity contribution in [1.82, 2.24) is 0 Å². The molecule has 0 aromatic heterocycles. The van der Waals surface area contributed by atoms with Gasteiger partial charge in [0.05, 0.1) is 0 Å². The van der Waals surface area contributed by atoms with Crippen LogP contribution in [0.15, 0.2) is 72.8 Å². The zero-order chi connectivity index (χ0) is 21.5. The smallest absolute Gasteiger partial charge is 0.0432 e. The summed E-state index contributed by atoms with van der Waals surface area (Å²) in [6.07, 6.45) is 2.40. The Morgan fingerprint density at radius 3 is 2.00 bits per heavy atom. The summed E-state index contributed by atoms with van der Waals surface area (Å²) in [5.74, 6) is 0.666. The molecule has 0 atom stereocenters. The fraction of sp³-hybridized carbons (Fsp3) is 0.357. The van der Waals surface area contributed by atoms with Crippen LogP contribution in [0.25, 0.3) is 11.1 Å². The molecule has 0 aliphatic heterocycles. The van der Waals surface area contributed by atoms with Crippen LogP contribution in [0.5, 0.6) is 0 Å². The molecule has 0 saturated carbocycles. The molecule has 0 N–H and O–H groups in total. The fourth-order valence-electron chi connectivity index (χ4n) is 4.10. The summed E-state index contributed by atoms with van der Waals surface area (Å²) in [5.41, 5.74) is 7.95. The Bertz CT molecular complexity index is 908. The Hall–Kier alpha value is -2.06. The topological polar surface area (TPSA) is 3.24 Å². The molecule has 0 radical (unpaired) electrons. The van der Waals surface area contributed by atoms with Gasteiger partial charge in [0.2, 0.25) is 0 Å². The van der Waals surface area contributed by atoms with Crippen LogP contribution in [0.4, 0.5) is 5.69 Å². The van der Waals surface area contributed by atoms with E-state index in [0.717, 1.165) is 11.9 Å². The van der Waals surface area contributed by atoms with Gasteiger partial charge in [-0.15, -0.1) is 0 Å². The van der Waals surface area contributed by atoms with Crippen molar-refractivity contribution >= 4 is 21.6 Å². The van der Waals surface area contributed by atoms with Crippen molar-refractivity contribution in [1.29, 1.82) is 0 Å². The number of hydrogen-bond acceptors (Lipinski definition) is 1. The number of benzene rings is 3. The van der Waals surface area contributed by atoms with Gasteiger partial charge in [-0.1, -0.05) is 84.4 Å². The number of anilines is 1. The molecule has 0 fully saturated rings. The van der Waals surface area contributed by atoms with Crippen molar-refractivity contribution in [2.45, 2.75) is 64.4 Å². The molecule has 158 valence electrons. The van der Waals surface area contributed by atoms with Crippen molar-refractivity contribution in [2.75, 3.05) is 4.90 Å². The van der Waals surface area contributed by atoms with Crippen molar-refractivity contribution < 1.29 is 0 Å². The summed E-state index contributed by atoms with van der Waals surface area (Å²) in [6.45, 7) is 10.0. The number of nitrogens with zero attached hydrogens (tertiary/aromatic N) is 1. The van der Waals surface area contributed by atoms with Gasteiger partial charge in [-0.05, 0) is 78.6 Å². The molecule has 1 nitrogen and oxygen atoms in total. The molecule has 3 aromatic carbocycles. The maximum atomic E-state index is 3.53. The van der Waals surface area contributed by atoms with Crippen LogP contribution in [0, 0.1) is 0 Å². The van der Waals surface area contributed by atoms with Gasteiger partial charge in [-0.3, -0.25) is 0 Å². The maximum absolute atomic E-state index is 3.53. The summed E-state index contributed by atoms with van der Waals surface area (Å²) >= 11 is 3.53. The minimum atomic E-state index is 0.436. The summed E-state index contributed by atoms with van der Waals surface area (Å²) in [7, 11) is 0. The fourth-order valence-corrected chi connectivity index (χ4v) is 4.48. The third-order valence-electron chi connectivity index (χ3n) is 6.03. The van der Waals surface area contributed by atoms with Crippen LogP contribution in [-0.2, 0) is 11.9 Å². The first kappa shape index (κ1) is 22.6. The van der Waals surface area contributed by atoms with Crippen LogP contribution < -0.4 is 4.90 Å². The third kappa shape index (κ3) is 5.55. The Morgan fingerprint density at radius 1 is 0.767 bits per heavy atom.